The lowest BCUT2D eigenvalue weighted by molar-refractivity contribution is -0.140. The van der Waals surface area contributed by atoms with Gasteiger partial charge in [-0.05, 0) is 55.6 Å². The van der Waals surface area contributed by atoms with Crippen molar-refractivity contribution in [3.05, 3.63) is 47.5 Å². The Balaban J connectivity index is 1.89. The minimum atomic E-state index is -0.384. The van der Waals surface area contributed by atoms with Gasteiger partial charge in [-0.2, -0.15) is 0 Å². The van der Waals surface area contributed by atoms with Gasteiger partial charge in [-0.3, -0.25) is 4.79 Å². The Morgan fingerprint density at radius 2 is 1.93 bits per heavy atom. The second-order valence-electron chi connectivity index (χ2n) is 8.24. The van der Waals surface area contributed by atoms with Crippen LogP contribution in [0, 0.1) is 5.92 Å². The molecule has 0 aliphatic heterocycles. The SMILES string of the molecule is CCCCCCc1ccc([C@@H]2[C@@H](C/C=C\CCCC(=O)OC)[C@@H](Cl)C[C@H]2O)cc1. The Bertz CT molecular complexity index is 625. The first-order valence-electron chi connectivity index (χ1n) is 11.2. The molecule has 1 aromatic carbocycles. The van der Waals surface area contributed by atoms with Crippen LogP contribution >= 0.6 is 11.6 Å². The first-order valence-corrected chi connectivity index (χ1v) is 11.6. The highest BCUT2D eigenvalue weighted by molar-refractivity contribution is 6.21. The zero-order chi connectivity index (χ0) is 21.1. The molecule has 0 saturated heterocycles. The normalized spacial score (nSPS) is 24.3. The van der Waals surface area contributed by atoms with E-state index in [1.165, 1.54) is 43.9 Å². The first kappa shape index (κ1) is 24.0. The van der Waals surface area contributed by atoms with Gasteiger partial charge in [-0.25, -0.2) is 0 Å². The summed E-state index contributed by atoms with van der Waals surface area (Å²) in [6, 6.07) is 8.81. The molecule has 0 amide bonds. The van der Waals surface area contributed by atoms with E-state index >= 15 is 0 Å². The fourth-order valence-corrected chi connectivity index (χ4v) is 4.77. The van der Waals surface area contributed by atoms with Crippen LogP contribution in [0.5, 0.6) is 0 Å². The molecule has 0 heterocycles. The Hall–Kier alpha value is -1.32. The number of aryl methyl sites for hydroxylation is 1. The molecular formula is C25H37ClO3. The van der Waals surface area contributed by atoms with Crippen LogP contribution in [-0.4, -0.2) is 29.7 Å². The van der Waals surface area contributed by atoms with E-state index in [0.29, 0.717) is 12.8 Å². The summed E-state index contributed by atoms with van der Waals surface area (Å²) in [5, 5.41) is 10.6. The molecule has 1 saturated carbocycles. The summed E-state index contributed by atoms with van der Waals surface area (Å²) < 4.78 is 4.66. The van der Waals surface area contributed by atoms with Crippen LogP contribution in [-0.2, 0) is 16.0 Å². The molecule has 0 aromatic heterocycles. The van der Waals surface area contributed by atoms with E-state index in [4.69, 9.17) is 11.6 Å². The molecule has 1 aromatic rings. The largest absolute Gasteiger partial charge is 0.469 e. The third-order valence-electron chi connectivity index (χ3n) is 6.04. The van der Waals surface area contributed by atoms with Gasteiger partial charge in [0, 0.05) is 17.7 Å². The van der Waals surface area contributed by atoms with Crippen molar-refractivity contribution >= 4 is 17.6 Å². The van der Waals surface area contributed by atoms with E-state index in [2.05, 4.69) is 48.1 Å². The summed E-state index contributed by atoms with van der Waals surface area (Å²) in [5.41, 5.74) is 2.57. The van der Waals surface area contributed by atoms with Crippen LogP contribution in [0.1, 0.15) is 81.8 Å². The number of unbranched alkanes of at least 4 members (excludes halogenated alkanes) is 4. The maximum atomic E-state index is 11.2. The number of halogens is 1. The Labute approximate surface area is 181 Å². The van der Waals surface area contributed by atoms with Gasteiger partial charge in [0.2, 0.25) is 0 Å². The predicted octanol–water partition coefficient (Wildman–Crippen LogP) is 6.17. The maximum absolute atomic E-state index is 11.2. The number of aliphatic hydroxyl groups is 1. The second kappa shape index (κ2) is 13.1. The highest BCUT2D eigenvalue weighted by Gasteiger charge is 2.41. The fraction of sp³-hybridized carbons (Fsp3) is 0.640. The number of hydrogen-bond acceptors (Lipinski definition) is 3. The highest BCUT2D eigenvalue weighted by Crippen LogP contribution is 2.44. The van der Waals surface area contributed by atoms with E-state index in [1.807, 2.05) is 0 Å². The van der Waals surface area contributed by atoms with Crippen molar-refractivity contribution in [3.63, 3.8) is 0 Å². The fourth-order valence-electron chi connectivity index (χ4n) is 4.33. The van der Waals surface area contributed by atoms with Gasteiger partial charge in [0.15, 0.2) is 0 Å². The molecule has 1 fully saturated rings. The van der Waals surface area contributed by atoms with Crippen molar-refractivity contribution in [1.82, 2.24) is 0 Å². The molecule has 3 nitrogen and oxygen atoms in total. The number of ether oxygens (including phenoxy) is 1. The molecule has 4 heteroatoms. The summed E-state index contributed by atoms with van der Waals surface area (Å²) in [4.78, 5) is 11.2. The van der Waals surface area contributed by atoms with Gasteiger partial charge < -0.3 is 9.84 Å². The summed E-state index contributed by atoms with van der Waals surface area (Å²) in [6.07, 6.45) is 13.7. The van der Waals surface area contributed by atoms with Crippen LogP contribution in [0.2, 0.25) is 0 Å². The molecule has 1 N–H and O–H groups in total. The first-order chi connectivity index (χ1) is 14.1. The van der Waals surface area contributed by atoms with Gasteiger partial charge in [0.25, 0.3) is 0 Å². The number of carbonyl (C=O) groups is 1. The monoisotopic (exact) mass is 420 g/mol. The molecule has 4 atom stereocenters. The minimum Gasteiger partial charge on any atom is -0.469 e. The molecule has 162 valence electrons. The molecule has 1 aliphatic rings. The van der Waals surface area contributed by atoms with E-state index in [9.17, 15) is 9.90 Å². The van der Waals surface area contributed by atoms with Gasteiger partial charge >= 0.3 is 5.97 Å². The zero-order valence-electron chi connectivity index (χ0n) is 18.0. The smallest absolute Gasteiger partial charge is 0.305 e. The average Bonchev–Trinajstić information content (AvgIpc) is 3.01. The lowest BCUT2D eigenvalue weighted by atomic mass is 9.85. The maximum Gasteiger partial charge on any atom is 0.305 e. The lowest BCUT2D eigenvalue weighted by Crippen LogP contribution is -2.18. The number of allylic oxidation sites excluding steroid dienone is 2. The molecule has 0 unspecified atom stereocenters. The van der Waals surface area contributed by atoms with Crippen molar-refractivity contribution in [1.29, 1.82) is 0 Å². The number of methoxy groups -OCH3 is 1. The number of carbonyl (C=O) groups excluding carboxylic acids is 1. The number of esters is 1. The number of hydrogen-bond donors (Lipinski definition) is 1. The van der Waals surface area contributed by atoms with Crippen LogP contribution in [0.3, 0.4) is 0 Å². The van der Waals surface area contributed by atoms with Gasteiger partial charge in [-0.15, -0.1) is 11.6 Å². The average molecular weight is 421 g/mol. The van der Waals surface area contributed by atoms with E-state index in [0.717, 1.165) is 25.7 Å². The minimum absolute atomic E-state index is 0.0107. The molecular weight excluding hydrogens is 384 g/mol. The van der Waals surface area contributed by atoms with Crippen molar-refractivity contribution in [3.8, 4) is 0 Å². The highest BCUT2D eigenvalue weighted by atomic mass is 35.5. The summed E-state index contributed by atoms with van der Waals surface area (Å²) in [6.45, 7) is 2.24. The quantitative estimate of drug-likeness (QED) is 0.190. The molecule has 1 aliphatic carbocycles. The predicted molar refractivity (Wildman–Crippen MR) is 120 cm³/mol. The van der Waals surface area contributed by atoms with Crippen LogP contribution in [0.15, 0.2) is 36.4 Å². The Morgan fingerprint density at radius 1 is 1.17 bits per heavy atom. The van der Waals surface area contributed by atoms with Crippen molar-refractivity contribution in [2.75, 3.05) is 7.11 Å². The standard InChI is InChI=1S/C25H37ClO3/c1-3-4-5-8-11-19-14-16-20(17-15-19)25-21(22(26)18-23(25)27)12-9-6-7-10-13-24(28)29-2/h6,9,14-17,21-23,25,27H,3-5,7-8,10-13,18H2,1-2H3/b9-6-/t21-,22-,23+,25+/m0/s1. The Kier molecular flexibility index (Phi) is 10.8. The molecule has 0 spiro atoms. The number of rotatable bonds is 12. The van der Waals surface area contributed by atoms with Crippen LogP contribution in [0.4, 0.5) is 0 Å². The molecule has 0 radical (unpaired) electrons. The number of alkyl halides is 1. The van der Waals surface area contributed by atoms with Gasteiger partial charge in [0.05, 0.1) is 13.2 Å². The molecule has 29 heavy (non-hydrogen) atoms. The van der Waals surface area contributed by atoms with Gasteiger partial charge in [-0.1, -0.05) is 62.6 Å². The lowest BCUT2D eigenvalue weighted by Gasteiger charge is -2.23. The third-order valence-corrected chi connectivity index (χ3v) is 6.55. The van der Waals surface area contributed by atoms with E-state index < -0.39 is 0 Å². The van der Waals surface area contributed by atoms with Crippen LogP contribution in [0.25, 0.3) is 0 Å². The summed E-state index contributed by atoms with van der Waals surface area (Å²) >= 11 is 6.59. The summed E-state index contributed by atoms with van der Waals surface area (Å²) in [7, 11) is 1.42. The Morgan fingerprint density at radius 3 is 2.62 bits per heavy atom. The molecule has 2 rings (SSSR count). The number of aliphatic hydroxyl groups excluding tert-OH is 1. The van der Waals surface area contributed by atoms with Crippen molar-refractivity contribution in [2.45, 2.75) is 88.5 Å². The second-order valence-corrected chi connectivity index (χ2v) is 8.80. The van der Waals surface area contributed by atoms with Gasteiger partial charge in [0.1, 0.15) is 0 Å². The van der Waals surface area contributed by atoms with Crippen LogP contribution < -0.4 is 0 Å². The summed E-state index contributed by atoms with van der Waals surface area (Å²) in [5.74, 6) is 0.164. The molecule has 0 bridgehead atoms. The number of benzene rings is 1. The van der Waals surface area contributed by atoms with Crippen molar-refractivity contribution < 1.29 is 14.6 Å². The van der Waals surface area contributed by atoms with E-state index in [-0.39, 0.29) is 29.3 Å². The zero-order valence-corrected chi connectivity index (χ0v) is 18.7. The van der Waals surface area contributed by atoms with E-state index in [1.54, 1.807) is 0 Å². The van der Waals surface area contributed by atoms with Crippen molar-refractivity contribution in [2.24, 2.45) is 5.92 Å². The topological polar surface area (TPSA) is 46.5 Å². The third kappa shape index (κ3) is 7.79.